The molecule has 0 unspecified atom stereocenters. The van der Waals surface area contributed by atoms with Gasteiger partial charge in [0.05, 0.1) is 6.54 Å². The number of likely N-dealkylation sites (tertiary alicyclic amines) is 1. The lowest BCUT2D eigenvalue weighted by atomic mass is 10.1. The van der Waals surface area contributed by atoms with E-state index < -0.39 is 30.3 Å². The number of aliphatic hydroxyl groups excluding tert-OH is 2. The highest BCUT2D eigenvalue weighted by molar-refractivity contribution is 5.81. The van der Waals surface area contributed by atoms with Gasteiger partial charge in [-0.05, 0) is 0 Å². The average molecular weight is 191 g/mol. The van der Waals surface area contributed by atoms with Gasteiger partial charge in [0.2, 0.25) is 0 Å². The topological polar surface area (TPSA) is 118 Å². The first-order chi connectivity index (χ1) is 5.95. The molecule has 1 rings (SSSR count). The maximum absolute atomic E-state index is 10.5. The Bertz CT molecular complexity index is 241. The molecule has 13 heavy (non-hydrogen) atoms. The molecule has 1 amide bonds. The Morgan fingerprint density at radius 1 is 1.23 bits per heavy atom. The summed E-state index contributed by atoms with van der Waals surface area (Å²) < 4.78 is 0. The second kappa shape index (κ2) is 3.19. The molecule has 0 spiro atoms. The van der Waals surface area contributed by atoms with E-state index in [0.29, 0.717) is 4.90 Å². The molecule has 7 heteroatoms. The number of aliphatic carboxylic acids is 1. The van der Waals surface area contributed by atoms with Gasteiger partial charge in [-0.15, -0.1) is 0 Å². The van der Waals surface area contributed by atoms with E-state index in [9.17, 15) is 9.59 Å². The monoisotopic (exact) mass is 191 g/mol. The van der Waals surface area contributed by atoms with Gasteiger partial charge in [0.1, 0.15) is 12.2 Å². The predicted octanol–water partition coefficient (Wildman–Crippen LogP) is -1.84. The minimum absolute atomic E-state index is 0.381. The van der Waals surface area contributed by atoms with Crippen LogP contribution in [0.3, 0.4) is 0 Å². The van der Waals surface area contributed by atoms with Crippen LogP contribution in [0.1, 0.15) is 0 Å². The van der Waals surface area contributed by atoms with Crippen molar-refractivity contribution in [3.8, 4) is 0 Å². The van der Waals surface area contributed by atoms with Crippen molar-refractivity contribution in [2.24, 2.45) is 0 Å². The Kier molecular flexibility index (Phi) is 2.39. The van der Waals surface area contributed by atoms with Crippen molar-refractivity contribution in [3.05, 3.63) is 0 Å². The second-order valence-corrected chi connectivity index (χ2v) is 2.78. The fourth-order valence-corrected chi connectivity index (χ4v) is 1.29. The minimum atomic E-state index is -1.58. The van der Waals surface area contributed by atoms with E-state index in [4.69, 9.17) is 20.4 Å². The van der Waals surface area contributed by atoms with E-state index in [1.165, 1.54) is 0 Å². The number of carboxylic acids is 1. The predicted molar refractivity (Wildman–Crippen MR) is 38.2 cm³/mol. The van der Waals surface area contributed by atoms with Crippen molar-refractivity contribution in [3.63, 3.8) is 0 Å². The van der Waals surface area contributed by atoms with Crippen LogP contribution in [0.4, 0.5) is 4.79 Å². The summed E-state index contributed by atoms with van der Waals surface area (Å²) in [7, 11) is 0. The van der Waals surface area contributed by atoms with Gasteiger partial charge in [0.15, 0.2) is 6.04 Å². The Morgan fingerprint density at radius 2 is 1.77 bits per heavy atom. The second-order valence-electron chi connectivity index (χ2n) is 2.78. The van der Waals surface area contributed by atoms with Gasteiger partial charge in [-0.3, -0.25) is 4.90 Å². The first kappa shape index (κ1) is 9.75. The van der Waals surface area contributed by atoms with Gasteiger partial charge in [0.25, 0.3) is 0 Å². The SMILES string of the molecule is O=C(O)[C@H]1[C@H](O)[C@H](O)CN1C(=O)O. The summed E-state index contributed by atoms with van der Waals surface area (Å²) in [6.45, 7) is -0.381. The van der Waals surface area contributed by atoms with Crippen molar-refractivity contribution in [2.75, 3.05) is 6.54 Å². The quantitative estimate of drug-likeness (QED) is 0.386. The molecule has 0 aromatic carbocycles. The molecule has 0 aromatic heterocycles. The summed E-state index contributed by atoms with van der Waals surface area (Å²) in [5.41, 5.74) is 0. The maximum atomic E-state index is 10.5. The largest absolute Gasteiger partial charge is 0.480 e. The number of hydrogen-bond acceptors (Lipinski definition) is 4. The molecule has 0 aromatic rings. The lowest BCUT2D eigenvalue weighted by Crippen LogP contribution is -2.44. The van der Waals surface area contributed by atoms with Crippen LogP contribution in [0.25, 0.3) is 0 Å². The van der Waals surface area contributed by atoms with Gasteiger partial charge < -0.3 is 20.4 Å². The molecular weight excluding hydrogens is 182 g/mol. The molecule has 7 nitrogen and oxygen atoms in total. The number of hydrogen-bond donors (Lipinski definition) is 4. The van der Waals surface area contributed by atoms with Crippen molar-refractivity contribution < 1.29 is 30.0 Å². The fraction of sp³-hybridized carbons (Fsp3) is 0.667. The highest BCUT2D eigenvalue weighted by Crippen LogP contribution is 2.18. The molecule has 0 bridgehead atoms. The van der Waals surface area contributed by atoms with Crippen molar-refractivity contribution >= 4 is 12.1 Å². The van der Waals surface area contributed by atoms with Gasteiger partial charge >= 0.3 is 12.1 Å². The highest BCUT2D eigenvalue weighted by Gasteiger charge is 2.46. The Hall–Kier alpha value is -1.34. The number of nitrogens with zero attached hydrogens (tertiary/aromatic N) is 1. The lowest BCUT2D eigenvalue weighted by molar-refractivity contribution is -0.145. The molecule has 74 valence electrons. The molecular formula is C6H9NO6. The van der Waals surface area contributed by atoms with Crippen LogP contribution in [0.15, 0.2) is 0 Å². The molecule has 0 aliphatic carbocycles. The third kappa shape index (κ3) is 1.56. The van der Waals surface area contributed by atoms with Crippen LogP contribution in [-0.2, 0) is 4.79 Å². The fourth-order valence-electron chi connectivity index (χ4n) is 1.29. The number of carbonyl (C=O) groups is 2. The van der Waals surface area contributed by atoms with Crippen LogP contribution in [-0.4, -0.2) is 62.2 Å². The lowest BCUT2D eigenvalue weighted by Gasteiger charge is -2.18. The van der Waals surface area contributed by atoms with Crippen LogP contribution in [0.5, 0.6) is 0 Å². The van der Waals surface area contributed by atoms with E-state index >= 15 is 0 Å². The third-order valence-corrected chi connectivity index (χ3v) is 1.94. The molecule has 1 heterocycles. The Balaban J connectivity index is 2.86. The third-order valence-electron chi connectivity index (χ3n) is 1.94. The normalized spacial score (nSPS) is 33.4. The molecule has 1 saturated heterocycles. The Labute approximate surface area is 72.8 Å². The first-order valence-corrected chi connectivity index (χ1v) is 3.53. The smallest absolute Gasteiger partial charge is 0.408 e. The van der Waals surface area contributed by atoms with Gasteiger partial charge in [-0.25, -0.2) is 9.59 Å². The molecule has 1 fully saturated rings. The molecule has 3 atom stereocenters. The zero-order chi connectivity index (χ0) is 10.2. The Morgan fingerprint density at radius 3 is 2.08 bits per heavy atom. The van der Waals surface area contributed by atoms with Gasteiger partial charge in [0, 0.05) is 0 Å². The van der Waals surface area contributed by atoms with Crippen molar-refractivity contribution in [1.29, 1.82) is 0 Å². The summed E-state index contributed by atoms with van der Waals surface area (Å²) in [4.78, 5) is 21.4. The van der Waals surface area contributed by atoms with Crippen LogP contribution < -0.4 is 0 Å². The standard InChI is InChI=1S/C6H9NO6/c8-2-1-7(6(12)13)3(4(2)9)5(10)11/h2-4,8-9H,1H2,(H,10,11)(H,12,13)/t2-,3-,4-/m1/s1. The highest BCUT2D eigenvalue weighted by atomic mass is 16.4. The maximum Gasteiger partial charge on any atom is 0.408 e. The zero-order valence-corrected chi connectivity index (χ0v) is 6.49. The molecule has 0 radical (unpaired) electrons. The van der Waals surface area contributed by atoms with E-state index in [1.807, 2.05) is 0 Å². The molecule has 4 N–H and O–H groups in total. The van der Waals surface area contributed by atoms with E-state index in [-0.39, 0.29) is 6.54 Å². The molecule has 0 saturated carbocycles. The zero-order valence-electron chi connectivity index (χ0n) is 6.49. The van der Waals surface area contributed by atoms with E-state index in [1.54, 1.807) is 0 Å². The number of carboxylic acid groups (broad SMARTS) is 2. The van der Waals surface area contributed by atoms with Crippen molar-refractivity contribution in [1.82, 2.24) is 4.90 Å². The molecule has 1 aliphatic rings. The van der Waals surface area contributed by atoms with Crippen molar-refractivity contribution in [2.45, 2.75) is 18.2 Å². The minimum Gasteiger partial charge on any atom is -0.480 e. The average Bonchev–Trinajstić information content (AvgIpc) is 2.28. The van der Waals surface area contributed by atoms with Crippen LogP contribution >= 0.6 is 0 Å². The first-order valence-electron chi connectivity index (χ1n) is 3.53. The van der Waals surface area contributed by atoms with E-state index in [2.05, 4.69) is 0 Å². The van der Waals surface area contributed by atoms with Crippen LogP contribution in [0.2, 0.25) is 0 Å². The number of β-amino-alcohol motifs (C(OH)–C–C–N with tert-alkyl or cyclic N) is 1. The van der Waals surface area contributed by atoms with Crippen LogP contribution in [0, 0.1) is 0 Å². The number of aliphatic hydroxyl groups is 2. The summed E-state index contributed by atoms with van der Waals surface area (Å²) in [6, 6.07) is -1.58. The summed E-state index contributed by atoms with van der Waals surface area (Å²) >= 11 is 0. The number of rotatable bonds is 1. The number of amides is 1. The summed E-state index contributed by atoms with van der Waals surface area (Å²) in [5.74, 6) is -1.47. The van der Waals surface area contributed by atoms with Gasteiger partial charge in [-0.2, -0.15) is 0 Å². The van der Waals surface area contributed by atoms with E-state index in [0.717, 1.165) is 0 Å². The molecule has 1 aliphatic heterocycles. The van der Waals surface area contributed by atoms with Gasteiger partial charge in [-0.1, -0.05) is 0 Å². The summed E-state index contributed by atoms with van der Waals surface area (Å²) in [5, 5.41) is 35.2. The summed E-state index contributed by atoms with van der Waals surface area (Å²) in [6.07, 6.45) is -4.37.